The molecule has 1 aliphatic heterocycles. The first-order valence-corrected chi connectivity index (χ1v) is 10.4. The van der Waals surface area contributed by atoms with Gasteiger partial charge in [0.15, 0.2) is 0 Å². The number of aryl methyl sites for hydroxylation is 1. The zero-order valence-corrected chi connectivity index (χ0v) is 17.3. The Morgan fingerprint density at radius 1 is 1.34 bits per heavy atom. The summed E-state index contributed by atoms with van der Waals surface area (Å²) >= 11 is 1.61. The van der Waals surface area contributed by atoms with Gasteiger partial charge in [-0.15, -0.1) is 11.3 Å². The monoisotopic (exact) mass is 413 g/mol. The van der Waals surface area contributed by atoms with Gasteiger partial charge in [-0.05, 0) is 48.4 Å². The molecule has 1 aromatic heterocycles. The van der Waals surface area contributed by atoms with Crippen LogP contribution in [-0.4, -0.2) is 48.3 Å². The highest BCUT2D eigenvalue weighted by Crippen LogP contribution is 2.42. The number of amides is 4. The third-order valence-electron chi connectivity index (χ3n) is 5.61. The maximum atomic E-state index is 13.2. The zero-order valence-electron chi connectivity index (χ0n) is 16.4. The number of ether oxygens (including phenoxy) is 1. The maximum absolute atomic E-state index is 13.2. The smallest absolute Gasteiger partial charge is 0.325 e. The van der Waals surface area contributed by atoms with E-state index < -0.39 is 11.6 Å². The third kappa shape index (κ3) is 3.37. The van der Waals surface area contributed by atoms with Crippen molar-refractivity contribution in [3.05, 3.63) is 51.7 Å². The number of nitrogens with zero attached hydrogens (tertiary/aromatic N) is 2. The van der Waals surface area contributed by atoms with Crippen LogP contribution in [0.4, 0.5) is 4.79 Å². The molecule has 1 spiro atoms. The van der Waals surface area contributed by atoms with Gasteiger partial charge in [-0.25, -0.2) is 4.79 Å². The lowest BCUT2D eigenvalue weighted by Crippen LogP contribution is -2.46. The van der Waals surface area contributed by atoms with Gasteiger partial charge >= 0.3 is 6.03 Å². The molecule has 7 nitrogen and oxygen atoms in total. The Hall–Kier alpha value is -2.87. The van der Waals surface area contributed by atoms with Crippen LogP contribution in [0, 0.1) is 0 Å². The van der Waals surface area contributed by atoms with Crippen LogP contribution in [0.5, 0.6) is 5.75 Å². The lowest BCUT2D eigenvalue weighted by atomic mass is 9.80. The van der Waals surface area contributed by atoms with E-state index in [4.69, 9.17) is 4.74 Å². The van der Waals surface area contributed by atoms with E-state index in [0.717, 1.165) is 33.7 Å². The molecular formula is C21H23N3O4S. The Bertz CT molecular complexity index is 972. The molecule has 2 aliphatic rings. The molecule has 1 saturated heterocycles. The van der Waals surface area contributed by atoms with Crippen molar-refractivity contribution >= 4 is 29.2 Å². The number of carbonyl (C=O) groups excluding carboxylic acids is 3. The molecule has 0 bridgehead atoms. The summed E-state index contributed by atoms with van der Waals surface area (Å²) in [6, 6.07) is 8.85. The van der Waals surface area contributed by atoms with E-state index in [9.17, 15) is 14.4 Å². The number of carbonyl (C=O) groups is 3. The molecule has 4 rings (SSSR count). The Morgan fingerprint density at radius 3 is 2.97 bits per heavy atom. The van der Waals surface area contributed by atoms with E-state index in [1.165, 1.54) is 4.90 Å². The van der Waals surface area contributed by atoms with Gasteiger partial charge < -0.3 is 15.0 Å². The Balaban J connectivity index is 1.47. The topological polar surface area (TPSA) is 79.0 Å². The lowest BCUT2D eigenvalue weighted by molar-refractivity contribution is -0.139. The molecule has 2 aromatic rings. The van der Waals surface area contributed by atoms with E-state index in [1.54, 1.807) is 25.5 Å². The summed E-state index contributed by atoms with van der Waals surface area (Å²) in [6.07, 6.45) is 2.31. The molecule has 1 aliphatic carbocycles. The number of imide groups is 1. The molecule has 152 valence electrons. The highest BCUT2D eigenvalue weighted by molar-refractivity contribution is 7.10. The van der Waals surface area contributed by atoms with Crippen LogP contribution in [0.3, 0.4) is 0 Å². The van der Waals surface area contributed by atoms with Crippen molar-refractivity contribution < 1.29 is 19.1 Å². The van der Waals surface area contributed by atoms with Gasteiger partial charge in [-0.1, -0.05) is 12.1 Å². The van der Waals surface area contributed by atoms with Gasteiger partial charge in [0.05, 0.1) is 7.11 Å². The number of rotatable bonds is 5. The zero-order chi connectivity index (χ0) is 20.6. The number of thiophene rings is 1. The number of hydrogen-bond acceptors (Lipinski definition) is 5. The average Bonchev–Trinajstić information content (AvgIpc) is 3.28. The Kier molecular flexibility index (Phi) is 5.04. The molecule has 4 amide bonds. The first kappa shape index (κ1) is 19.4. The van der Waals surface area contributed by atoms with Gasteiger partial charge in [0, 0.05) is 24.0 Å². The normalized spacial score (nSPS) is 20.6. The summed E-state index contributed by atoms with van der Waals surface area (Å²) in [6.45, 7) is 0.0891. The standard InChI is InChI=1S/C21H23N3O4S/c1-23(12-14-5-3-6-15(11-14)28-2)18(25)13-24-19(26)21(22-20(24)27)9-4-7-17-16(21)8-10-29-17/h3,5-6,8,10-11H,4,7,9,12-13H2,1-2H3,(H,22,27)/t21-/m1/s1. The fourth-order valence-corrected chi connectivity index (χ4v) is 5.07. The molecule has 1 fully saturated rings. The minimum Gasteiger partial charge on any atom is -0.497 e. The third-order valence-corrected chi connectivity index (χ3v) is 6.59. The molecule has 29 heavy (non-hydrogen) atoms. The number of likely N-dealkylation sites (N-methyl/N-ethyl adjacent to an activating group) is 1. The summed E-state index contributed by atoms with van der Waals surface area (Å²) in [5.74, 6) is 0.0861. The molecular weight excluding hydrogens is 390 g/mol. The van der Waals surface area contributed by atoms with Crippen molar-refractivity contribution in [2.24, 2.45) is 0 Å². The van der Waals surface area contributed by atoms with Crippen molar-refractivity contribution in [3.63, 3.8) is 0 Å². The summed E-state index contributed by atoms with van der Waals surface area (Å²) in [7, 11) is 3.25. The number of urea groups is 1. The predicted molar refractivity (Wildman–Crippen MR) is 109 cm³/mol. The summed E-state index contributed by atoms with van der Waals surface area (Å²) < 4.78 is 5.21. The Labute approximate surface area is 173 Å². The summed E-state index contributed by atoms with van der Waals surface area (Å²) in [5.41, 5.74) is 0.770. The first-order valence-electron chi connectivity index (χ1n) is 9.52. The lowest BCUT2D eigenvalue weighted by Gasteiger charge is -2.31. The van der Waals surface area contributed by atoms with E-state index in [2.05, 4.69) is 5.32 Å². The van der Waals surface area contributed by atoms with E-state index in [-0.39, 0.29) is 18.4 Å². The van der Waals surface area contributed by atoms with Gasteiger partial charge in [0.25, 0.3) is 5.91 Å². The molecule has 2 heterocycles. The van der Waals surface area contributed by atoms with Gasteiger partial charge in [-0.3, -0.25) is 14.5 Å². The van der Waals surface area contributed by atoms with Crippen molar-refractivity contribution in [1.29, 1.82) is 0 Å². The van der Waals surface area contributed by atoms with E-state index >= 15 is 0 Å². The molecule has 1 aromatic carbocycles. The van der Waals surface area contributed by atoms with Gasteiger partial charge in [0.2, 0.25) is 5.91 Å². The second-order valence-corrected chi connectivity index (χ2v) is 8.44. The van der Waals surface area contributed by atoms with Crippen LogP contribution in [0.15, 0.2) is 35.7 Å². The molecule has 1 atom stereocenters. The number of fused-ring (bicyclic) bond motifs is 2. The number of hydrogen-bond donors (Lipinski definition) is 1. The number of nitrogens with one attached hydrogen (secondary N) is 1. The minimum absolute atomic E-state index is 0.271. The quantitative estimate of drug-likeness (QED) is 0.764. The Morgan fingerprint density at radius 2 is 2.17 bits per heavy atom. The minimum atomic E-state index is -1.02. The fourth-order valence-electron chi connectivity index (χ4n) is 4.07. The SMILES string of the molecule is COc1cccc(CN(C)C(=O)CN2C(=O)N[C@@]3(CCCc4sccc43)C2=O)c1. The largest absolute Gasteiger partial charge is 0.497 e. The molecule has 0 saturated carbocycles. The second-order valence-electron chi connectivity index (χ2n) is 7.44. The number of benzene rings is 1. The van der Waals surface area contributed by atoms with Gasteiger partial charge in [-0.2, -0.15) is 0 Å². The van der Waals surface area contributed by atoms with Crippen molar-refractivity contribution in [1.82, 2.24) is 15.1 Å². The van der Waals surface area contributed by atoms with Crippen molar-refractivity contribution in [2.75, 3.05) is 20.7 Å². The maximum Gasteiger partial charge on any atom is 0.325 e. The molecule has 0 unspecified atom stereocenters. The van der Waals surface area contributed by atoms with Gasteiger partial charge in [0.1, 0.15) is 17.8 Å². The molecule has 0 radical (unpaired) electrons. The highest BCUT2D eigenvalue weighted by Gasteiger charge is 2.54. The van der Waals surface area contributed by atoms with Crippen LogP contribution < -0.4 is 10.1 Å². The van der Waals surface area contributed by atoms with Crippen LogP contribution in [0.25, 0.3) is 0 Å². The summed E-state index contributed by atoms with van der Waals surface area (Å²) in [4.78, 5) is 42.2. The average molecular weight is 413 g/mol. The van der Waals surface area contributed by atoms with Crippen LogP contribution in [-0.2, 0) is 28.1 Å². The van der Waals surface area contributed by atoms with Crippen LogP contribution in [0.1, 0.15) is 28.8 Å². The molecule has 1 N–H and O–H groups in total. The van der Waals surface area contributed by atoms with Crippen molar-refractivity contribution in [3.8, 4) is 5.75 Å². The first-order chi connectivity index (χ1) is 13.9. The predicted octanol–water partition coefficient (Wildman–Crippen LogP) is 2.50. The fraction of sp³-hybridized carbons (Fsp3) is 0.381. The van der Waals surface area contributed by atoms with Crippen LogP contribution in [0.2, 0.25) is 0 Å². The van der Waals surface area contributed by atoms with E-state index in [1.807, 2.05) is 35.7 Å². The second kappa shape index (κ2) is 7.51. The van der Waals surface area contributed by atoms with Crippen molar-refractivity contribution in [2.45, 2.75) is 31.3 Å². The van der Waals surface area contributed by atoms with E-state index in [0.29, 0.717) is 18.7 Å². The van der Waals surface area contributed by atoms with Crippen LogP contribution >= 0.6 is 11.3 Å². The number of methoxy groups -OCH3 is 1. The molecule has 8 heteroatoms. The summed E-state index contributed by atoms with van der Waals surface area (Å²) in [5, 5.41) is 4.83. The highest BCUT2D eigenvalue weighted by atomic mass is 32.1.